The highest BCUT2D eigenvalue weighted by atomic mass is 35.5. The second-order valence-electron chi connectivity index (χ2n) is 4.49. The predicted octanol–water partition coefficient (Wildman–Crippen LogP) is 4.23. The van der Waals surface area contributed by atoms with E-state index in [1.165, 1.54) is 0 Å². The second-order valence-corrected chi connectivity index (χ2v) is 6.20. The van der Waals surface area contributed by atoms with Gasteiger partial charge >= 0.3 is 0 Å². The summed E-state index contributed by atoms with van der Waals surface area (Å²) in [5, 5.41) is 10.1. The average Bonchev–Trinajstić information content (AvgIpc) is 2.87. The van der Waals surface area contributed by atoms with Crippen LogP contribution in [0.2, 0.25) is 10.0 Å². The molecule has 7 heteroatoms. The van der Waals surface area contributed by atoms with Crippen LogP contribution in [-0.2, 0) is 5.54 Å². The van der Waals surface area contributed by atoms with E-state index in [1.807, 2.05) is 19.2 Å². The van der Waals surface area contributed by atoms with Gasteiger partial charge in [-0.1, -0.05) is 23.2 Å². The fraction of sp³-hybridized carbons (Fsp3) is 0.333. The number of thiazole rings is 1. The molecule has 0 radical (unpaired) electrons. The molecule has 0 atom stereocenters. The van der Waals surface area contributed by atoms with Crippen molar-refractivity contribution < 1.29 is 0 Å². The third-order valence-electron chi connectivity index (χ3n) is 2.56. The molecule has 2 aromatic rings. The number of anilines is 2. The maximum absolute atomic E-state index is 6.17. The van der Waals surface area contributed by atoms with E-state index in [2.05, 4.69) is 20.6 Å². The van der Waals surface area contributed by atoms with E-state index in [0.29, 0.717) is 21.7 Å². The molecule has 2 N–H and O–H groups in total. The number of aromatic nitrogens is 2. The minimum atomic E-state index is -0.357. The van der Waals surface area contributed by atoms with Crippen molar-refractivity contribution in [2.45, 2.75) is 19.4 Å². The summed E-state index contributed by atoms with van der Waals surface area (Å²) in [7, 11) is 1.76. The molecule has 0 aliphatic heterocycles. The summed E-state index contributed by atoms with van der Waals surface area (Å²) < 4.78 is 0. The molecule has 0 unspecified atom stereocenters. The van der Waals surface area contributed by atoms with E-state index < -0.39 is 0 Å². The molecule has 0 aliphatic carbocycles. The summed E-state index contributed by atoms with van der Waals surface area (Å²) in [6.45, 7) is 4.05. The van der Waals surface area contributed by atoms with E-state index in [9.17, 15) is 0 Å². The average molecular weight is 317 g/mol. The quantitative estimate of drug-likeness (QED) is 0.886. The lowest BCUT2D eigenvalue weighted by molar-refractivity contribution is 0.601. The molecule has 0 saturated heterocycles. The normalized spacial score (nSPS) is 11.4. The lowest BCUT2D eigenvalue weighted by Crippen LogP contribution is -2.28. The number of pyridine rings is 1. The van der Waals surface area contributed by atoms with E-state index >= 15 is 0 Å². The van der Waals surface area contributed by atoms with Crippen LogP contribution in [0.1, 0.15) is 18.9 Å². The molecule has 0 spiro atoms. The van der Waals surface area contributed by atoms with Crippen LogP contribution in [0.15, 0.2) is 17.6 Å². The van der Waals surface area contributed by atoms with Crippen LogP contribution in [0, 0.1) is 0 Å². The number of hydrogen-bond donors (Lipinski definition) is 2. The molecule has 4 nitrogen and oxygen atoms in total. The van der Waals surface area contributed by atoms with Gasteiger partial charge in [0, 0.05) is 18.6 Å². The van der Waals surface area contributed by atoms with Gasteiger partial charge in [-0.25, -0.2) is 9.97 Å². The van der Waals surface area contributed by atoms with Gasteiger partial charge in [-0.15, -0.1) is 11.3 Å². The molecular formula is C12H14Cl2N4S. The number of rotatable bonds is 4. The van der Waals surface area contributed by atoms with Crippen molar-refractivity contribution in [1.29, 1.82) is 0 Å². The maximum Gasteiger partial charge on any atom is 0.148 e. The van der Waals surface area contributed by atoms with Gasteiger partial charge < -0.3 is 10.6 Å². The van der Waals surface area contributed by atoms with Gasteiger partial charge in [-0.3, -0.25) is 0 Å². The van der Waals surface area contributed by atoms with Crippen LogP contribution in [0.5, 0.6) is 0 Å². The van der Waals surface area contributed by atoms with Crippen molar-refractivity contribution in [3.8, 4) is 0 Å². The van der Waals surface area contributed by atoms with Gasteiger partial charge in [0.25, 0.3) is 0 Å². The molecule has 19 heavy (non-hydrogen) atoms. The first-order valence-corrected chi connectivity index (χ1v) is 7.29. The molecule has 0 aliphatic rings. The third kappa shape index (κ3) is 3.11. The lowest BCUT2D eigenvalue weighted by atomic mass is 10.1. The number of hydrogen-bond acceptors (Lipinski definition) is 5. The van der Waals surface area contributed by atoms with Crippen molar-refractivity contribution >= 4 is 46.2 Å². The Kier molecular flexibility index (Phi) is 4.18. The molecular weight excluding hydrogens is 303 g/mol. The monoisotopic (exact) mass is 316 g/mol. The Hall–Kier alpha value is -1.04. The van der Waals surface area contributed by atoms with E-state index in [1.54, 1.807) is 30.6 Å². The Morgan fingerprint density at radius 1 is 1.21 bits per heavy atom. The summed E-state index contributed by atoms with van der Waals surface area (Å²) in [5.74, 6) is 1.17. The van der Waals surface area contributed by atoms with E-state index in [0.717, 1.165) is 5.01 Å². The lowest BCUT2D eigenvalue weighted by Gasteiger charge is -2.25. The molecule has 0 saturated carbocycles. The first kappa shape index (κ1) is 14.4. The van der Waals surface area contributed by atoms with Gasteiger partial charge in [0.2, 0.25) is 0 Å². The number of nitrogens with zero attached hydrogens (tertiary/aromatic N) is 2. The predicted molar refractivity (Wildman–Crippen MR) is 82.6 cm³/mol. The number of halogens is 2. The molecule has 0 fully saturated rings. The highest BCUT2D eigenvalue weighted by Crippen LogP contribution is 2.33. The van der Waals surface area contributed by atoms with Crippen LogP contribution in [0.3, 0.4) is 0 Å². The summed E-state index contributed by atoms with van der Waals surface area (Å²) in [4.78, 5) is 8.69. The van der Waals surface area contributed by atoms with Crippen molar-refractivity contribution in [3.63, 3.8) is 0 Å². The van der Waals surface area contributed by atoms with Crippen LogP contribution in [0.4, 0.5) is 11.6 Å². The minimum Gasteiger partial charge on any atom is -0.372 e. The number of nitrogens with one attached hydrogen (secondary N) is 2. The van der Waals surface area contributed by atoms with E-state index in [4.69, 9.17) is 23.2 Å². The Bertz CT molecular complexity index is 569. The Labute approximate surface area is 126 Å². The first-order chi connectivity index (χ1) is 8.94. The first-order valence-electron chi connectivity index (χ1n) is 5.66. The van der Waals surface area contributed by atoms with Crippen molar-refractivity contribution in [3.05, 3.63) is 32.7 Å². The Morgan fingerprint density at radius 2 is 1.89 bits per heavy atom. The van der Waals surface area contributed by atoms with Crippen molar-refractivity contribution in [2.75, 3.05) is 17.7 Å². The summed E-state index contributed by atoms with van der Waals surface area (Å²) in [6.07, 6.45) is 1.78. The Morgan fingerprint density at radius 3 is 2.47 bits per heavy atom. The summed E-state index contributed by atoms with van der Waals surface area (Å²) in [6, 6.07) is 1.67. The zero-order valence-electron chi connectivity index (χ0n) is 10.8. The fourth-order valence-electron chi connectivity index (χ4n) is 1.61. The SMILES string of the molecule is CNc1nc(NC(C)(C)c2nccs2)c(Cl)cc1Cl. The molecule has 2 heterocycles. The molecule has 0 aromatic carbocycles. The zero-order chi connectivity index (χ0) is 14.0. The molecule has 2 aromatic heterocycles. The van der Waals surface area contributed by atoms with Crippen LogP contribution in [-0.4, -0.2) is 17.0 Å². The fourth-order valence-corrected chi connectivity index (χ4v) is 2.83. The topological polar surface area (TPSA) is 49.8 Å². The molecule has 0 bridgehead atoms. The highest BCUT2D eigenvalue weighted by molar-refractivity contribution is 7.09. The van der Waals surface area contributed by atoms with Gasteiger partial charge in [0.15, 0.2) is 0 Å². The van der Waals surface area contributed by atoms with Crippen LogP contribution < -0.4 is 10.6 Å². The maximum atomic E-state index is 6.17. The third-order valence-corrected chi connectivity index (χ3v) is 4.24. The van der Waals surface area contributed by atoms with Gasteiger partial charge in [-0.2, -0.15) is 0 Å². The van der Waals surface area contributed by atoms with Gasteiger partial charge in [-0.05, 0) is 19.9 Å². The molecule has 0 amide bonds. The Balaban J connectivity index is 2.33. The zero-order valence-corrected chi connectivity index (χ0v) is 13.1. The smallest absolute Gasteiger partial charge is 0.148 e. The summed E-state index contributed by atoms with van der Waals surface area (Å²) in [5.41, 5.74) is -0.357. The largest absolute Gasteiger partial charge is 0.372 e. The molecule has 2 rings (SSSR count). The standard InChI is InChI=1S/C12H14Cl2N4S/c1-12(2,11-16-4-5-19-11)18-10-8(14)6-7(13)9(15-3)17-10/h4-6H,1-3H3,(H2,15,17,18). The van der Waals surface area contributed by atoms with E-state index in [-0.39, 0.29) is 5.54 Å². The molecule has 102 valence electrons. The second kappa shape index (κ2) is 5.53. The van der Waals surface area contributed by atoms with Crippen molar-refractivity contribution in [2.24, 2.45) is 0 Å². The van der Waals surface area contributed by atoms with Gasteiger partial charge in [0.1, 0.15) is 16.6 Å². The minimum absolute atomic E-state index is 0.357. The summed E-state index contributed by atoms with van der Waals surface area (Å²) >= 11 is 13.8. The van der Waals surface area contributed by atoms with Crippen LogP contribution >= 0.6 is 34.5 Å². The highest BCUT2D eigenvalue weighted by Gasteiger charge is 2.25. The van der Waals surface area contributed by atoms with Gasteiger partial charge in [0.05, 0.1) is 15.6 Å². The van der Waals surface area contributed by atoms with Crippen molar-refractivity contribution in [1.82, 2.24) is 9.97 Å². The van der Waals surface area contributed by atoms with Crippen LogP contribution in [0.25, 0.3) is 0 Å².